The van der Waals surface area contributed by atoms with Gasteiger partial charge in [0.15, 0.2) is 5.16 Å². The van der Waals surface area contributed by atoms with Crippen molar-refractivity contribution in [2.75, 3.05) is 11.5 Å². The second-order valence-electron chi connectivity index (χ2n) is 5.20. The summed E-state index contributed by atoms with van der Waals surface area (Å²) >= 11 is 1.19. The zero-order chi connectivity index (χ0) is 14.5. The molecule has 1 saturated carbocycles. The van der Waals surface area contributed by atoms with Crippen LogP contribution in [0.25, 0.3) is 0 Å². The van der Waals surface area contributed by atoms with Crippen molar-refractivity contribution >= 4 is 23.5 Å². The minimum Gasteiger partial charge on any atom is -0.383 e. The highest BCUT2D eigenvalue weighted by Crippen LogP contribution is 2.23. The van der Waals surface area contributed by atoms with Gasteiger partial charge in [0.05, 0.1) is 5.75 Å². The first kappa shape index (κ1) is 14.9. The Kier molecular flexibility index (Phi) is 5.05. The van der Waals surface area contributed by atoms with Crippen molar-refractivity contribution in [3.63, 3.8) is 0 Å². The largest absolute Gasteiger partial charge is 0.383 e. The molecule has 7 heteroatoms. The Morgan fingerprint density at radius 3 is 3.00 bits per heavy atom. The topological polar surface area (TPSA) is 101 Å². The highest BCUT2D eigenvalue weighted by Gasteiger charge is 2.22. The van der Waals surface area contributed by atoms with Crippen molar-refractivity contribution in [1.29, 1.82) is 0 Å². The van der Waals surface area contributed by atoms with E-state index in [0.717, 1.165) is 6.42 Å². The van der Waals surface area contributed by atoms with Crippen LogP contribution in [0.1, 0.15) is 32.6 Å². The highest BCUT2D eigenvalue weighted by atomic mass is 32.2. The van der Waals surface area contributed by atoms with Crippen LogP contribution in [0.2, 0.25) is 0 Å². The molecule has 0 aromatic carbocycles. The van der Waals surface area contributed by atoms with Gasteiger partial charge in [0.1, 0.15) is 5.82 Å². The number of hydrogen-bond donors (Lipinski definition) is 3. The van der Waals surface area contributed by atoms with Gasteiger partial charge in [0.25, 0.3) is 5.56 Å². The molecule has 0 unspecified atom stereocenters. The second-order valence-corrected chi connectivity index (χ2v) is 6.16. The number of carbonyl (C=O) groups is 1. The fourth-order valence-electron chi connectivity index (χ4n) is 2.43. The monoisotopic (exact) mass is 296 g/mol. The zero-order valence-electron chi connectivity index (χ0n) is 11.5. The maximum absolute atomic E-state index is 11.9. The second kappa shape index (κ2) is 6.78. The maximum Gasteiger partial charge on any atom is 0.253 e. The first-order chi connectivity index (χ1) is 9.54. The summed E-state index contributed by atoms with van der Waals surface area (Å²) in [4.78, 5) is 29.7. The number of nitrogen functional groups attached to an aromatic ring is 1. The molecule has 0 spiro atoms. The van der Waals surface area contributed by atoms with Gasteiger partial charge in [-0.1, -0.05) is 31.5 Å². The average Bonchev–Trinajstić information content (AvgIpc) is 2.38. The number of amides is 1. The van der Waals surface area contributed by atoms with Crippen LogP contribution in [-0.4, -0.2) is 27.7 Å². The van der Waals surface area contributed by atoms with Crippen LogP contribution in [0, 0.1) is 5.92 Å². The minimum atomic E-state index is -0.304. The van der Waals surface area contributed by atoms with Gasteiger partial charge >= 0.3 is 0 Å². The molecule has 2 rings (SSSR count). The first-order valence-corrected chi connectivity index (χ1v) is 7.82. The number of aromatic amines is 1. The van der Waals surface area contributed by atoms with E-state index in [1.54, 1.807) is 0 Å². The quantitative estimate of drug-likeness (QED) is 0.571. The van der Waals surface area contributed by atoms with Gasteiger partial charge in [-0.3, -0.25) is 9.59 Å². The van der Waals surface area contributed by atoms with E-state index in [0.29, 0.717) is 11.1 Å². The van der Waals surface area contributed by atoms with Gasteiger partial charge in [0.2, 0.25) is 5.91 Å². The van der Waals surface area contributed by atoms with Crippen molar-refractivity contribution in [3.05, 3.63) is 16.4 Å². The van der Waals surface area contributed by atoms with Crippen LogP contribution >= 0.6 is 11.8 Å². The van der Waals surface area contributed by atoms with Crippen molar-refractivity contribution in [3.8, 4) is 0 Å². The van der Waals surface area contributed by atoms with Crippen molar-refractivity contribution in [1.82, 2.24) is 15.3 Å². The molecule has 0 saturated heterocycles. The van der Waals surface area contributed by atoms with Crippen LogP contribution in [0.3, 0.4) is 0 Å². The predicted molar refractivity (Wildman–Crippen MR) is 79.6 cm³/mol. The summed E-state index contributed by atoms with van der Waals surface area (Å²) < 4.78 is 0. The summed E-state index contributed by atoms with van der Waals surface area (Å²) in [7, 11) is 0. The Hall–Kier alpha value is -1.50. The van der Waals surface area contributed by atoms with Gasteiger partial charge in [-0.05, 0) is 18.8 Å². The number of carbonyl (C=O) groups excluding carboxylic acids is 1. The molecule has 1 aromatic heterocycles. The SMILES string of the molecule is C[C@@H]1CCCC[C@H]1NC(=O)CSc1nc(N)cc(=O)[nH]1. The lowest BCUT2D eigenvalue weighted by Crippen LogP contribution is -2.41. The zero-order valence-corrected chi connectivity index (χ0v) is 12.3. The van der Waals surface area contributed by atoms with Crippen LogP contribution in [0.4, 0.5) is 5.82 Å². The van der Waals surface area contributed by atoms with E-state index in [1.165, 1.54) is 37.1 Å². The molecule has 0 bridgehead atoms. The Balaban J connectivity index is 1.84. The van der Waals surface area contributed by atoms with Gasteiger partial charge in [0, 0.05) is 12.1 Å². The lowest BCUT2D eigenvalue weighted by molar-refractivity contribution is -0.119. The van der Waals surface area contributed by atoms with Gasteiger partial charge < -0.3 is 16.0 Å². The molecule has 1 aliphatic rings. The molecule has 1 fully saturated rings. The third-order valence-electron chi connectivity index (χ3n) is 3.54. The van der Waals surface area contributed by atoms with E-state index in [2.05, 4.69) is 22.2 Å². The average molecular weight is 296 g/mol. The third kappa shape index (κ3) is 4.26. The Labute approximate surface area is 121 Å². The third-order valence-corrected chi connectivity index (χ3v) is 4.41. The van der Waals surface area contributed by atoms with E-state index >= 15 is 0 Å². The molecule has 20 heavy (non-hydrogen) atoms. The Morgan fingerprint density at radius 1 is 1.55 bits per heavy atom. The summed E-state index contributed by atoms with van der Waals surface area (Å²) in [6, 6.07) is 1.48. The lowest BCUT2D eigenvalue weighted by Gasteiger charge is -2.29. The summed E-state index contributed by atoms with van der Waals surface area (Å²) in [5.74, 6) is 0.898. The van der Waals surface area contributed by atoms with E-state index in [-0.39, 0.29) is 29.1 Å². The number of thioether (sulfide) groups is 1. The van der Waals surface area contributed by atoms with Crippen LogP contribution in [-0.2, 0) is 4.79 Å². The van der Waals surface area contributed by atoms with Crippen molar-refractivity contribution < 1.29 is 4.79 Å². The van der Waals surface area contributed by atoms with Gasteiger partial charge in [-0.25, -0.2) is 4.98 Å². The molecule has 6 nitrogen and oxygen atoms in total. The van der Waals surface area contributed by atoms with E-state index in [9.17, 15) is 9.59 Å². The Bertz CT molecular complexity index is 531. The molecule has 0 radical (unpaired) electrons. The highest BCUT2D eigenvalue weighted by molar-refractivity contribution is 7.99. The molecule has 4 N–H and O–H groups in total. The van der Waals surface area contributed by atoms with Gasteiger partial charge in [-0.15, -0.1) is 0 Å². The Morgan fingerprint density at radius 2 is 2.30 bits per heavy atom. The van der Waals surface area contributed by atoms with E-state index in [1.807, 2.05) is 0 Å². The number of nitrogens with two attached hydrogens (primary N) is 1. The van der Waals surface area contributed by atoms with Gasteiger partial charge in [-0.2, -0.15) is 0 Å². The van der Waals surface area contributed by atoms with Crippen molar-refractivity contribution in [2.24, 2.45) is 5.92 Å². The molecule has 110 valence electrons. The fraction of sp³-hybridized carbons (Fsp3) is 0.615. The number of anilines is 1. The molecule has 1 heterocycles. The van der Waals surface area contributed by atoms with Crippen LogP contribution < -0.4 is 16.6 Å². The smallest absolute Gasteiger partial charge is 0.253 e. The molecule has 1 aliphatic carbocycles. The summed E-state index contributed by atoms with van der Waals surface area (Å²) in [6.45, 7) is 2.17. The standard InChI is InChI=1S/C13H20N4O2S/c1-8-4-2-3-5-9(8)15-12(19)7-20-13-16-10(14)6-11(18)17-13/h6,8-9H,2-5,7H2,1H3,(H,15,19)(H3,14,16,17,18)/t8-,9-/m1/s1. The minimum absolute atomic E-state index is 0.0289. The first-order valence-electron chi connectivity index (χ1n) is 6.83. The number of rotatable bonds is 4. The summed E-state index contributed by atoms with van der Waals surface area (Å²) in [6.07, 6.45) is 4.64. The number of hydrogen-bond acceptors (Lipinski definition) is 5. The van der Waals surface area contributed by atoms with Crippen LogP contribution in [0.5, 0.6) is 0 Å². The number of nitrogens with one attached hydrogen (secondary N) is 2. The number of aromatic nitrogens is 2. The maximum atomic E-state index is 11.9. The molecule has 0 aliphatic heterocycles. The lowest BCUT2D eigenvalue weighted by atomic mass is 9.86. The van der Waals surface area contributed by atoms with E-state index in [4.69, 9.17) is 5.73 Å². The predicted octanol–water partition coefficient (Wildman–Crippen LogP) is 1.14. The molecule has 1 amide bonds. The van der Waals surface area contributed by atoms with Crippen LogP contribution in [0.15, 0.2) is 16.0 Å². The summed E-state index contributed by atoms with van der Waals surface area (Å²) in [5, 5.41) is 3.43. The van der Waals surface area contributed by atoms with E-state index < -0.39 is 0 Å². The van der Waals surface area contributed by atoms with Crippen molar-refractivity contribution in [2.45, 2.75) is 43.8 Å². The molecule has 2 atom stereocenters. The molecular formula is C13H20N4O2S. The molecular weight excluding hydrogens is 276 g/mol. The fourth-order valence-corrected chi connectivity index (χ4v) is 3.13. The number of nitrogens with zero attached hydrogens (tertiary/aromatic N) is 1. The summed E-state index contributed by atoms with van der Waals surface area (Å²) in [5.41, 5.74) is 5.18. The number of H-pyrrole nitrogens is 1. The molecule has 1 aromatic rings. The normalized spacial score (nSPS) is 22.4.